The maximum absolute atomic E-state index is 8.97. The van der Waals surface area contributed by atoms with Crippen molar-refractivity contribution in [2.45, 2.75) is 19.4 Å². The van der Waals surface area contributed by atoms with Gasteiger partial charge in [-0.15, -0.1) is 0 Å². The van der Waals surface area contributed by atoms with E-state index in [2.05, 4.69) is 15.0 Å². The Morgan fingerprint density at radius 2 is 2.15 bits per heavy atom. The highest BCUT2D eigenvalue weighted by molar-refractivity contribution is 5.51. The molecule has 5 heteroatoms. The van der Waals surface area contributed by atoms with Crippen molar-refractivity contribution in [3.8, 4) is 11.5 Å². The van der Waals surface area contributed by atoms with Gasteiger partial charge in [-0.25, -0.2) is 0 Å². The Labute approximate surface area is 118 Å². The van der Waals surface area contributed by atoms with Crippen LogP contribution in [-0.4, -0.2) is 39.8 Å². The number of aliphatic hydroxyl groups excluding tert-OH is 1. The van der Waals surface area contributed by atoms with Gasteiger partial charge < -0.3 is 9.63 Å². The Balaban J connectivity index is 1.61. The minimum atomic E-state index is 0.277. The summed E-state index contributed by atoms with van der Waals surface area (Å²) in [6, 6.07) is 9.81. The number of nitrogens with zero attached hydrogens (tertiary/aromatic N) is 3. The molecule has 0 aliphatic carbocycles. The molecule has 1 fully saturated rings. The van der Waals surface area contributed by atoms with E-state index in [9.17, 15) is 0 Å². The van der Waals surface area contributed by atoms with Crippen molar-refractivity contribution in [3.05, 3.63) is 36.2 Å². The molecule has 1 aliphatic heterocycles. The minimum absolute atomic E-state index is 0.277. The molecule has 1 aliphatic rings. The van der Waals surface area contributed by atoms with Gasteiger partial charge in [0, 0.05) is 18.7 Å². The maximum atomic E-state index is 8.97. The van der Waals surface area contributed by atoms with E-state index in [4.69, 9.17) is 9.63 Å². The van der Waals surface area contributed by atoms with Crippen LogP contribution in [0.2, 0.25) is 0 Å². The third-order valence-electron chi connectivity index (χ3n) is 3.76. The third kappa shape index (κ3) is 3.05. The summed E-state index contributed by atoms with van der Waals surface area (Å²) in [5.74, 6) is 1.90. The summed E-state index contributed by atoms with van der Waals surface area (Å²) in [6.07, 6.45) is 2.03. The summed E-state index contributed by atoms with van der Waals surface area (Å²) in [4.78, 5) is 6.77. The highest BCUT2D eigenvalue weighted by Gasteiger charge is 2.23. The normalized spacial score (nSPS) is 19.6. The number of aliphatic hydroxyl groups is 1. The monoisotopic (exact) mass is 273 g/mol. The van der Waals surface area contributed by atoms with E-state index in [1.165, 1.54) is 0 Å². The number of hydrogen-bond donors (Lipinski definition) is 1. The molecule has 1 saturated heterocycles. The second-order valence-electron chi connectivity index (χ2n) is 5.28. The molecule has 1 unspecified atom stereocenters. The predicted octanol–water partition coefficient (Wildman–Crippen LogP) is 1.94. The molecule has 1 aromatic heterocycles. The van der Waals surface area contributed by atoms with Crippen LogP contribution in [0, 0.1) is 5.92 Å². The molecule has 2 heterocycles. The molecule has 0 radical (unpaired) electrons. The predicted molar refractivity (Wildman–Crippen MR) is 74.8 cm³/mol. The van der Waals surface area contributed by atoms with Crippen molar-refractivity contribution in [3.63, 3.8) is 0 Å². The zero-order valence-electron chi connectivity index (χ0n) is 11.4. The van der Waals surface area contributed by atoms with Crippen LogP contribution in [0.1, 0.15) is 18.7 Å². The van der Waals surface area contributed by atoms with Crippen molar-refractivity contribution in [2.75, 3.05) is 19.7 Å². The molecule has 1 N–H and O–H groups in total. The quantitative estimate of drug-likeness (QED) is 0.902. The van der Waals surface area contributed by atoms with Crippen LogP contribution < -0.4 is 0 Å². The van der Waals surface area contributed by atoms with Crippen LogP contribution >= 0.6 is 0 Å². The van der Waals surface area contributed by atoms with Crippen molar-refractivity contribution in [1.82, 2.24) is 15.0 Å². The van der Waals surface area contributed by atoms with Crippen molar-refractivity contribution in [2.24, 2.45) is 5.92 Å². The van der Waals surface area contributed by atoms with Crippen LogP contribution in [0.5, 0.6) is 0 Å². The summed E-state index contributed by atoms with van der Waals surface area (Å²) in [5.41, 5.74) is 0.950. The van der Waals surface area contributed by atoms with E-state index in [0.29, 0.717) is 11.8 Å². The Kier molecular flexibility index (Phi) is 4.08. The number of hydrogen-bond acceptors (Lipinski definition) is 5. The summed E-state index contributed by atoms with van der Waals surface area (Å²) in [6.45, 7) is 3.05. The Morgan fingerprint density at radius 3 is 2.95 bits per heavy atom. The third-order valence-corrected chi connectivity index (χ3v) is 3.76. The van der Waals surface area contributed by atoms with E-state index in [-0.39, 0.29) is 6.61 Å². The lowest BCUT2D eigenvalue weighted by Crippen LogP contribution is -2.21. The van der Waals surface area contributed by atoms with Gasteiger partial charge in [0.15, 0.2) is 5.82 Å². The molecule has 1 atom stereocenters. The highest BCUT2D eigenvalue weighted by Crippen LogP contribution is 2.21. The van der Waals surface area contributed by atoms with Gasteiger partial charge in [-0.2, -0.15) is 4.98 Å². The molecule has 0 amide bonds. The smallest absolute Gasteiger partial charge is 0.257 e. The standard InChI is InChI=1S/C15H19N3O2/c19-9-7-12-6-8-18(10-12)11-14-16-15(20-17-14)13-4-2-1-3-5-13/h1-5,12,19H,6-11H2. The molecule has 0 bridgehead atoms. The molecule has 2 aromatic rings. The van der Waals surface area contributed by atoms with Crippen LogP contribution in [0.3, 0.4) is 0 Å². The van der Waals surface area contributed by atoms with Gasteiger partial charge >= 0.3 is 0 Å². The molecule has 20 heavy (non-hydrogen) atoms. The van der Waals surface area contributed by atoms with Crippen LogP contribution in [0.15, 0.2) is 34.9 Å². The lowest BCUT2D eigenvalue weighted by atomic mass is 10.1. The summed E-state index contributed by atoms with van der Waals surface area (Å²) >= 11 is 0. The topological polar surface area (TPSA) is 62.4 Å². The molecular formula is C15H19N3O2. The van der Waals surface area contributed by atoms with Gasteiger partial charge in [-0.3, -0.25) is 4.90 Å². The molecule has 1 aromatic carbocycles. The first kappa shape index (κ1) is 13.3. The van der Waals surface area contributed by atoms with Gasteiger partial charge in [-0.1, -0.05) is 23.4 Å². The molecule has 0 saturated carbocycles. The lowest BCUT2D eigenvalue weighted by Gasteiger charge is -2.12. The van der Waals surface area contributed by atoms with Crippen LogP contribution in [-0.2, 0) is 6.54 Å². The number of likely N-dealkylation sites (tertiary alicyclic amines) is 1. The van der Waals surface area contributed by atoms with Crippen molar-refractivity contribution in [1.29, 1.82) is 0 Å². The Hall–Kier alpha value is -1.72. The molecule has 3 rings (SSSR count). The fourth-order valence-electron chi connectivity index (χ4n) is 2.69. The number of aromatic nitrogens is 2. The molecular weight excluding hydrogens is 254 g/mol. The first-order valence-electron chi connectivity index (χ1n) is 7.06. The largest absolute Gasteiger partial charge is 0.396 e. The van der Waals surface area contributed by atoms with Gasteiger partial charge in [0.25, 0.3) is 5.89 Å². The molecule has 0 spiro atoms. The maximum Gasteiger partial charge on any atom is 0.257 e. The van der Waals surface area contributed by atoms with Crippen LogP contribution in [0.25, 0.3) is 11.5 Å². The van der Waals surface area contributed by atoms with E-state index in [1.807, 2.05) is 30.3 Å². The number of benzene rings is 1. The zero-order valence-corrected chi connectivity index (χ0v) is 11.4. The SMILES string of the molecule is OCCC1CCN(Cc2noc(-c3ccccc3)n2)C1. The summed E-state index contributed by atoms with van der Waals surface area (Å²) in [5, 5.41) is 13.0. The van der Waals surface area contributed by atoms with E-state index in [1.54, 1.807) is 0 Å². The second-order valence-corrected chi connectivity index (χ2v) is 5.28. The summed E-state index contributed by atoms with van der Waals surface area (Å²) < 4.78 is 5.31. The van der Waals surface area contributed by atoms with Crippen molar-refractivity contribution < 1.29 is 9.63 Å². The average molecular weight is 273 g/mol. The van der Waals surface area contributed by atoms with Gasteiger partial charge in [0.05, 0.1) is 6.54 Å². The minimum Gasteiger partial charge on any atom is -0.396 e. The van der Waals surface area contributed by atoms with E-state index < -0.39 is 0 Å². The average Bonchev–Trinajstić information content (AvgIpc) is 3.11. The van der Waals surface area contributed by atoms with E-state index in [0.717, 1.165) is 43.9 Å². The second kappa shape index (κ2) is 6.15. The Bertz CT molecular complexity index is 541. The number of rotatable bonds is 5. The lowest BCUT2D eigenvalue weighted by molar-refractivity contribution is 0.247. The fourth-order valence-corrected chi connectivity index (χ4v) is 2.69. The molecule has 106 valence electrons. The van der Waals surface area contributed by atoms with Gasteiger partial charge in [0.2, 0.25) is 0 Å². The molecule has 5 nitrogen and oxygen atoms in total. The zero-order chi connectivity index (χ0) is 13.8. The van der Waals surface area contributed by atoms with Crippen LogP contribution in [0.4, 0.5) is 0 Å². The van der Waals surface area contributed by atoms with Crippen molar-refractivity contribution >= 4 is 0 Å². The first-order valence-corrected chi connectivity index (χ1v) is 7.06. The Morgan fingerprint density at radius 1 is 1.30 bits per heavy atom. The summed E-state index contributed by atoms with van der Waals surface area (Å²) in [7, 11) is 0. The van der Waals surface area contributed by atoms with E-state index >= 15 is 0 Å². The first-order chi connectivity index (χ1) is 9.85. The van der Waals surface area contributed by atoms with Gasteiger partial charge in [-0.05, 0) is 37.4 Å². The highest BCUT2D eigenvalue weighted by atomic mass is 16.5. The van der Waals surface area contributed by atoms with Gasteiger partial charge in [0.1, 0.15) is 0 Å². The fraction of sp³-hybridized carbons (Fsp3) is 0.467.